The molecule has 1 saturated heterocycles. The number of nitrogens with one attached hydrogen (secondary N) is 1. The Balaban J connectivity index is 2.18. The fourth-order valence-electron chi connectivity index (χ4n) is 2.16. The highest BCUT2D eigenvalue weighted by Crippen LogP contribution is 2.30. The summed E-state index contributed by atoms with van der Waals surface area (Å²) in [5, 5.41) is 13.2. The first-order chi connectivity index (χ1) is 7.68. The molecule has 0 saturated carbocycles. The minimum absolute atomic E-state index is 0.0116. The smallest absolute Gasteiger partial charge is 0.129 e. The van der Waals surface area contributed by atoms with Gasteiger partial charge in [0.25, 0.3) is 0 Å². The van der Waals surface area contributed by atoms with Crippen LogP contribution in [-0.2, 0) is 0 Å². The Morgan fingerprint density at radius 3 is 2.62 bits per heavy atom. The van der Waals surface area contributed by atoms with Crippen LogP contribution in [0.25, 0.3) is 0 Å². The number of aliphatic hydroxyl groups excluding tert-OH is 1. The molecule has 0 bridgehead atoms. The van der Waals surface area contributed by atoms with E-state index in [9.17, 15) is 13.9 Å². The normalized spacial score (nSPS) is 19.7. The third-order valence-electron chi connectivity index (χ3n) is 3.11. The van der Waals surface area contributed by atoms with Crippen molar-refractivity contribution in [1.29, 1.82) is 0 Å². The third kappa shape index (κ3) is 2.39. The Hall–Kier alpha value is -1.00. The molecule has 2 nitrogen and oxygen atoms in total. The van der Waals surface area contributed by atoms with Crippen LogP contribution in [0.15, 0.2) is 18.2 Å². The third-order valence-corrected chi connectivity index (χ3v) is 3.11. The number of hydrogen-bond acceptors (Lipinski definition) is 2. The number of aliphatic hydroxyl groups is 1. The van der Waals surface area contributed by atoms with Gasteiger partial charge in [-0.2, -0.15) is 0 Å². The number of benzene rings is 1. The molecule has 1 aromatic carbocycles. The summed E-state index contributed by atoms with van der Waals surface area (Å²) in [5.41, 5.74) is 0.0758. The summed E-state index contributed by atoms with van der Waals surface area (Å²) in [6, 6.07) is 3.21. The van der Waals surface area contributed by atoms with Crippen molar-refractivity contribution >= 4 is 0 Å². The van der Waals surface area contributed by atoms with Gasteiger partial charge in [0.15, 0.2) is 0 Å². The van der Waals surface area contributed by atoms with Gasteiger partial charge in [-0.3, -0.25) is 0 Å². The Kier molecular flexibility index (Phi) is 3.51. The summed E-state index contributed by atoms with van der Waals surface area (Å²) in [6.45, 7) is 1.64. The monoisotopic (exact) mass is 227 g/mol. The topological polar surface area (TPSA) is 32.3 Å². The van der Waals surface area contributed by atoms with Crippen LogP contribution in [-0.4, -0.2) is 18.2 Å². The molecule has 2 N–H and O–H groups in total. The van der Waals surface area contributed by atoms with E-state index in [-0.39, 0.29) is 11.5 Å². The van der Waals surface area contributed by atoms with E-state index in [1.165, 1.54) is 0 Å². The molecule has 1 aliphatic heterocycles. The lowest BCUT2D eigenvalue weighted by Crippen LogP contribution is -2.31. The van der Waals surface area contributed by atoms with Gasteiger partial charge in [-0.15, -0.1) is 0 Å². The fourth-order valence-corrected chi connectivity index (χ4v) is 2.16. The van der Waals surface area contributed by atoms with Crippen LogP contribution in [0.5, 0.6) is 0 Å². The second-order valence-electron chi connectivity index (χ2n) is 4.20. The van der Waals surface area contributed by atoms with Gasteiger partial charge in [-0.25, -0.2) is 8.78 Å². The zero-order valence-electron chi connectivity index (χ0n) is 8.92. The van der Waals surface area contributed by atoms with E-state index in [2.05, 4.69) is 5.32 Å². The molecular formula is C12H15F2NO. The minimum Gasteiger partial charge on any atom is -0.388 e. The molecule has 4 heteroatoms. The van der Waals surface area contributed by atoms with E-state index in [0.29, 0.717) is 0 Å². The average molecular weight is 227 g/mol. The molecule has 0 aromatic heterocycles. The van der Waals surface area contributed by atoms with Crippen molar-refractivity contribution in [3.8, 4) is 0 Å². The van der Waals surface area contributed by atoms with Crippen molar-refractivity contribution in [3.63, 3.8) is 0 Å². The number of piperidine rings is 1. The maximum absolute atomic E-state index is 13.4. The van der Waals surface area contributed by atoms with E-state index >= 15 is 0 Å². The van der Waals surface area contributed by atoms with Crippen LogP contribution in [0.2, 0.25) is 0 Å². The highest BCUT2D eigenvalue weighted by molar-refractivity contribution is 5.21. The first-order valence-electron chi connectivity index (χ1n) is 5.52. The zero-order chi connectivity index (χ0) is 11.5. The number of halogens is 2. The van der Waals surface area contributed by atoms with Crippen molar-refractivity contribution in [1.82, 2.24) is 5.32 Å². The summed E-state index contributed by atoms with van der Waals surface area (Å²) >= 11 is 0. The first kappa shape index (κ1) is 11.5. The molecule has 1 unspecified atom stereocenters. The van der Waals surface area contributed by atoms with Crippen LogP contribution >= 0.6 is 0 Å². The molecule has 1 fully saturated rings. The van der Waals surface area contributed by atoms with Gasteiger partial charge in [-0.05, 0) is 50.0 Å². The lowest BCUT2D eigenvalue weighted by molar-refractivity contribution is 0.0853. The highest BCUT2D eigenvalue weighted by Gasteiger charge is 2.25. The van der Waals surface area contributed by atoms with Crippen molar-refractivity contribution in [3.05, 3.63) is 35.4 Å². The second kappa shape index (κ2) is 4.89. The summed E-state index contributed by atoms with van der Waals surface area (Å²) in [4.78, 5) is 0. The second-order valence-corrected chi connectivity index (χ2v) is 4.20. The quantitative estimate of drug-likeness (QED) is 0.810. The van der Waals surface area contributed by atoms with E-state index in [1.54, 1.807) is 0 Å². The molecule has 0 aliphatic carbocycles. The first-order valence-corrected chi connectivity index (χ1v) is 5.52. The molecule has 0 spiro atoms. The van der Waals surface area contributed by atoms with Crippen LogP contribution < -0.4 is 5.32 Å². The fraction of sp³-hybridized carbons (Fsp3) is 0.500. The Bertz CT molecular complexity index is 364. The summed E-state index contributed by atoms with van der Waals surface area (Å²) in [6.07, 6.45) is 0.673. The van der Waals surface area contributed by atoms with Gasteiger partial charge in [0.2, 0.25) is 0 Å². The average Bonchev–Trinajstić information content (AvgIpc) is 2.32. The van der Waals surface area contributed by atoms with E-state index < -0.39 is 17.7 Å². The van der Waals surface area contributed by atoms with Gasteiger partial charge >= 0.3 is 0 Å². The molecule has 0 radical (unpaired) electrons. The minimum atomic E-state index is -0.905. The SMILES string of the molecule is OC(c1cc(F)ccc1F)C1CCNCC1. The molecule has 2 rings (SSSR count). The van der Waals surface area contributed by atoms with Crippen molar-refractivity contribution in [2.45, 2.75) is 18.9 Å². The molecule has 1 atom stereocenters. The maximum atomic E-state index is 13.4. The van der Waals surface area contributed by atoms with Gasteiger partial charge in [0, 0.05) is 5.56 Å². The van der Waals surface area contributed by atoms with Gasteiger partial charge < -0.3 is 10.4 Å². The standard InChI is InChI=1S/C12H15F2NO/c13-9-1-2-11(14)10(7-9)12(16)8-3-5-15-6-4-8/h1-2,7-8,12,15-16H,3-6H2. The largest absolute Gasteiger partial charge is 0.388 e. The molecule has 1 aromatic rings. The van der Waals surface area contributed by atoms with Crippen molar-refractivity contribution in [2.75, 3.05) is 13.1 Å². The predicted molar refractivity (Wildman–Crippen MR) is 56.9 cm³/mol. The lowest BCUT2D eigenvalue weighted by atomic mass is 9.88. The van der Waals surface area contributed by atoms with Crippen molar-refractivity contribution < 1.29 is 13.9 Å². The van der Waals surface area contributed by atoms with E-state index in [0.717, 1.165) is 44.1 Å². The molecular weight excluding hydrogens is 212 g/mol. The molecule has 16 heavy (non-hydrogen) atoms. The summed E-state index contributed by atoms with van der Waals surface area (Å²) in [7, 11) is 0. The van der Waals surface area contributed by atoms with Gasteiger partial charge in [0.1, 0.15) is 11.6 Å². The molecule has 0 amide bonds. The number of hydrogen-bond donors (Lipinski definition) is 2. The molecule has 1 heterocycles. The predicted octanol–water partition coefficient (Wildman–Crippen LogP) is 2.00. The van der Waals surface area contributed by atoms with Crippen LogP contribution in [0.3, 0.4) is 0 Å². The Labute approximate surface area is 93.3 Å². The summed E-state index contributed by atoms with van der Waals surface area (Å²) < 4.78 is 26.4. The van der Waals surface area contributed by atoms with E-state index in [1.807, 2.05) is 0 Å². The summed E-state index contributed by atoms with van der Waals surface area (Å²) in [5.74, 6) is -1.03. The zero-order valence-corrected chi connectivity index (χ0v) is 8.92. The molecule has 1 aliphatic rings. The van der Waals surface area contributed by atoms with Crippen LogP contribution in [0, 0.1) is 17.6 Å². The Morgan fingerprint density at radius 2 is 1.94 bits per heavy atom. The van der Waals surface area contributed by atoms with E-state index in [4.69, 9.17) is 0 Å². The molecule has 88 valence electrons. The number of rotatable bonds is 2. The van der Waals surface area contributed by atoms with Gasteiger partial charge in [0.05, 0.1) is 6.10 Å². The maximum Gasteiger partial charge on any atom is 0.129 e. The Morgan fingerprint density at radius 1 is 1.25 bits per heavy atom. The van der Waals surface area contributed by atoms with Gasteiger partial charge in [-0.1, -0.05) is 0 Å². The van der Waals surface area contributed by atoms with Crippen LogP contribution in [0.1, 0.15) is 24.5 Å². The van der Waals surface area contributed by atoms with Crippen LogP contribution in [0.4, 0.5) is 8.78 Å². The lowest BCUT2D eigenvalue weighted by Gasteiger charge is -2.27. The highest BCUT2D eigenvalue weighted by atomic mass is 19.1. The van der Waals surface area contributed by atoms with Crippen molar-refractivity contribution in [2.24, 2.45) is 5.92 Å².